The first kappa shape index (κ1) is 29.2. The monoisotopic (exact) mass is 570 g/mol. The van der Waals surface area contributed by atoms with E-state index >= 15 is 0 Å². The Balaban J connectivity index is 1.45. The zero-order chi connectivity index (χ0) is 29.0. The van der Waals surface area contributed by atoms with E-state index in [0.717, 1.165) is 4.31 Å². The van der Waals surface area contributed by atoms with Crippen molar-refractivity contribution in [2.24, 2.45) is 5.92 Å². The van der Waals surface area contributed by atoms with Gasteiger partial charge in [0.15, 0.2) is 16.6 Å². The number of sulfonamides is 1. The van der Waals surface area contributed by atoms with Crippen molar-refractivity contribution in [3.8, 4) is 5.75 Å². The molecule has 0 bridgehead atoms. The number of benzene rings is 1. The van der Waals surface area contributed by atoms with Crippen LogP contribution in [0.5, 0.6) is 5.75 Å². The Morgan fingerprint density at radius 1 is 1.23 bits per heavy atom. The van der Waals surface area contributed by atoms with Gasteiger partial charge in [-0.05, 0) is 68.0 Å². The predicted octanol–water partition coefficient (Wildman–Crippen LogP) is 2.83. The lowest BCUT2D eigenvalue weighted by molar-refractivity contribution is -0.129. The van der Waals surface area contributed by atoms with Crippen molar-refractivity contribution in [2.45, 2.75) is 57.1 Å². The fourth-order valence-electron chi connectivity index (χ4n) is 4.68. The third-order valence-corrected chi connectivity index (χ3v) is 8.67. The number of methoxy groups -OCH3 is 1. The van der Waals surface area contributed by atoms with Gasteiger partial charge in [-0.3, -0.25) is 14.4 Å². The number of Topliss-reactive ketones (excluding diaryl/α,β-unsaturated/α-hetero) is 1. The van der Waals surface area contributed by atoms with Crippen LogP contribution >= 0.6 is 0 Å². The van der Waals surface area contributed by atoms with Gasteiger partial charge in [-0.1, -0.05) is 19.9 Å². The number of carbonyl (C=O) groups excluding carboxylic acids is 3. The second-order valence-corrected chi connectivity index (χ2v) is 12.2. The molecular weight excluding hydrogens is 536 g/mol. The van der Waals surface area contributed by atoms with Gasteiger partial charge < -0.3 is 19.8 Å². The number of aryl methyl sites for hydroxylation is 1. The molecule has 0 aliphatic carbocycles. The van der Waals surface area contributed by atoms with Gasteiger partial charge in [-0.15, -0.1) is 0 Å². The Hall–Kier alpha value is -3.77. The Bertz CT molecular complexity index is 1520. The van der Waals surface area contributed by atoms with Crippen LogP contribution in [-0.4, -0.2) is 67.6 Å². The molecule has 1 aromatic carbocycles. The lowest BCUT2D eigenvalue weighted by Gasteiger charge is -2.23. The molecule has 2 N–H and O–H groups in total. The van der Waals surface area contributed by atoms with E-state index in [1.165, 1.54) is 6.20 Å². The molecule has 214 valence electrons. The summed E-state index contributed by atoms with van der Waals surface area (Å²) in [6.45, 7) is 5.22. The van der Waals surface area contributed by atoms with E-state index in [2.05, 4.69) is 15.6 Å². The van der Waals surface area contributed by atoms with E-state index in [1.807, 2.05) is 13.8 Å². The van der Waals surface area contributed by atoms with Crippen molar-refractivity contribution < 1.29 is 32.0 Å². The maximum Gasteiger partial charge on any atom is 0.287 e. The van der Waals surface area contributed by atoms with Crippen molar-refractivity contribution in [1.82, 2.24) is 19.9 Å². The zero-order valence-corrected chi connectivity index (χ0v) is 23.8. The number of pyridine rings is 1. The molecule has 11 nitrogen and oxygen atoms in total. The van der Waals surface area contributed by atoms with E-state index in [9.17, 15) is 22.8 Å². The first-order chi connectivity index (χ1) is 19.0. The van der Waals surface area contributed by atoms with Crippen molar-refractivity contribution in [2.75, 3.05) is 20.2 Å². The average molecular weight is 571 g/mol. The predicted molar refractivity (Wildman–Crippen MR) is 147 cm³/mol. The lowest BCUT2D eigenvalue weighted by Crippen LogP contribution is -2.52. The quantitative estimate of drug-likeness (QED) is 0.399. The highest BCUT2D eigenvalue weighted by molar-refractivity contribution is 7.89. The molecule has 12 heteroatoms. The van der Waals surface area contributed by atoms with Crippen LogP contribution < -0.4 is 15.4 Å². The molecule has 3 aromatic rings. The Morgan fingerprint density at radius 2 is 2.00 bits per heavy atom. The number of carbonyl (C=O) groups is 3. The van der Waals surface area contributed by atoms with Gasteiger partial charge >= 0.3 is 0 Å². The van der Waals surface area contributed by atoms with Crippen LogP contribution in [0.15, 0.2) is 52.0 Å². The Labute approximate surface area is 233 Å². The third kappa shape index (κ3) is 6.50. The summed E-state index contributed by atoms with van der Waals surface area (Å²) < 4.78 is 38.4. The molecule has 1 aliphatic heterocycles. The highest BCUT2D eigenvalue weighted by Gasteiger charge is 2.35. The van der Waals surface area contributed by atoms with Gasteiger partial charge in [0.25, 0.3) is 15.9 Å². The number of fused-ring (bicyclic) bond motifs is 1. The number of furan rings is 1. The van der Waals surface area contributed by atoms with Gasteiger partial charge in [0.05, 0.1) is 19.7 Å². The summed E-state index contributed by atoms with van der Waals surface area (Å²) in [6, 6.07) is 8.20. The molecule has 1 fully saturated rings. The number of nitrogens with zero attached hydrogens (tertiary/aromatic N) is 2. The molecule has 40 heavy (non-hydrogen) atoms. The molecule has 2 atom stereocenters. The van der Waals surface area contributed by atoms with Gasteiger partial charge in [0.1, 0.15) is 17.4 Å². The third-order valence-electron chi connectivity index (χ3n) is 6.76. The summed E-state index contributed by atoms with van der Waals surface area (Å²) in [5.74, 6) is -0.791. The summed E-state index contributed by atoms with van der Waals surface area (Å²) in [5, 5.41) is 6.07. The van der Waals surface area contributed by atoms with E-state index in [-0.39, 0.29) is 36.2 Å². The highest BCUT2D eigenvalue weighted by Crippen LogP contribution is 2.25. The summed E-state index contributed by atoms with van der Waals surface area (Å²) in [6.07, 6.45) is 2.36. The minimum Gasteiger partial charge on any atom is -0.497 e. The number of hydrogen-bond donors (Lipinski definition) is 2. The highest BCUT2D eigenvalue weighted by atomic mass is 32.2. The fourth-order valence-corrected chi connectivity index (χ4v) is 6.26. The molecule has 1 unspecified atom stereocenters. The van der Waals surface area contributed by atoms with E-state index < -0.39 is 39.7 Å². The van der Waals surface area contributed by atoms with Crippen LogP contribution in [0.3, 0.4) is 0 Å². The van der Waals surface area contributed by atoms with Gasteiger partial charge in [0.2, 0.25) is 5.91 Å². The van der Waals surface area contributed by atoms with E-state index in [0.29, 0.717) is 35.1 Å². The average Bonchev–Trinajstić information content (AvgIpc) is 3.25. The number of aromatic nitrogens is 1. The second-order valence-electron chi connectivity index (χ2n) is 10.3. The molecule has 1 aliphatic rings. The van der Waals surface area contributed by atoms with Crippen LogP contribution in [0.4, 0.5) is 0 Å². The van der Waals surface area contributed by atoms with Gasteiger partial charge in [-0.2, -0.15) is 4.31 Å². The summed E-state index contributed by atoms with van der Waals surface area (Å²) >= 11 is 0. The van der Waals surface area contributed by atoms with Crippen molar-refractivity contribution >= 4 is 38.6 Å². The van der Waals surface area contributed by atoms with Crippen LogP contribution in [0.1, 0.15) is 49.2 Å². The standard InChI is InChI=1S/C28H34N4O7S/c1-17(2)13-22(31-27(35)25-15-19-14-20(38-4)9-10-24(19)39-25)26(34)30-21-8-6-12-32(16-23(21)33)40(36,37)28-18(3)7-5-11-29-28/h5,7,9-11,14-15,17,21-22H,6,8,12-13,16H2,1-4H3,(H,30,34)(H,31,35)/t21?,22-/m0/s1. The Kier molecular flexibility index (Phi) is 8.89. The molecule has 0 spiro atoms. The largest absolute Gasteiger partial charge is 0.497 e. The van der Waals surface area contributed by atoms with Gasteiger partial charge in [-0.25, -0.2) is 13.4 Å². The van der Waals surface area contributed by atoms with E-state index in [4.69, 9.17) is 9.15 Å². The second kappa shape index (κ2) is 12.2. The van der Waals surface area contributed by atoms with E-state index in [1.54, 1.807) is 50.4 Å². The van der Waals surface area contributed by atoms with Crippen LogP contribution in [0.2, 0.25) is 0 Å². The van der Waals surface area contributed by atoms with Crippen molar-refractivity contribution in [3.63, 3.8) is 0 Å². The molecule has 1 saturated heterocycles. The fraction of sp³-hybridized carbons (Fsp3) is 0.429. The normalized spacial score (nSPS) is 17.4. The maximum absolute atomic E-state index is 13.3. The number of nitrogens with one attached hydrogen (secondary N) is 2. The molecule has 2 aromatic heterocycles. The minimum absolute atomic E-state index is 0.0426. The van der Waals surface area contributed by atoms with Crippen LogP contribution in [-0.2, 0) is 19.6 Å². The lowest BCUT2D eigenvalue weighted by atomic mass is 10.0. The summed E-state index contributed by atoms with van der Waals surface area (Å²) in [4.78, 5) is 43.5. The Morgan fingerprint density at radius 3 is 2.70 bits per heavy atom. The number of ether oxygens (including phenoxy) is 1. The molecular formula is C28H34N4O7S. The number of amides is 2. The number of hydrogen-bond acceptors (Lipinski definition) is 8. The van der Waals surface area contributed by atoms with Crippen LogP contribution in [0, 0.1) is 12.8 Å². The number of rotatable bonds is 9. The summed E-state index contributed by atoms with van der Waals surface area (Å²) in [7, 11) is -2.44. The molecule has 0 radical (unpaired) electrons. The molecule has 2 amide bonds. The molecule has 3 heterocycles. The topological polar surface area (TPSA) is 148 Å². The molecule has 4 rings (SSSR count). The first-order valence-electron chi connectivity index (χ1n) is 13.1. The van der Waals surface area contributed by atoms with Crippen molar-refractivity contribution in [1.29, 1.82) is 0 Å². The smallest absolute Gasteiger partial charge is 0.287 e. The van der Waals surface area contributed by atoms with Gasteiger partial charge in [0, 0.05) is 18.1 Å². The van der Waals surface area contributed by atoms with Crippen LogP contribution in [0.25, 0.3) is 11.0 Å². The summed E-state index contributed by atoms with van der Waals surface area (Å²) in [5.41, 5.74) is 0.986. The molecule has 0 saturated carbocycles. The first-order valence-corrected chi connectivity index (χ1v) is 14.6. The minimum atomic E-state index is -3.98. The maximum atomic E-state index is 13.3. The SMILES string of the molecule is COc1ccc2oc(C(=O)N[C@@H](CC(C)C)C(=O)NC3CCCN(S(=O)(=O)c4ncccc4C)CC3=O)cc2c1. The zero-order valence-electron chi connectivity index (χ0n) is 23.0. The number of ketones is 1. The van der Waals surface area contributed by atoms with Crippen molar-refractivity contribution in [3.05, 3.63) is 53.9 Å².